The minimum absolute atomic E-state index is 0.145. The van der Waals surface area contributed by atoms with Gasteiger partial charge in [-0.05, 0) is 30.0 Å². The minimum Gasteiger partial charge on any atom is -0.465 e. The molecule has 0 radical (unpaired) electrons. The molecule has 0 aliphatic carbocycles. The molecule has 1 unspecified atom stereocenters. The Balaban J connectivity index is 2.40. The Morgan fingerprint density at radius 2 is 2.33 bits per heavy atom. The fraction of sp³-hybridized carbons (Fsp3) is 0.182. The zero-order valence-electron chi connectivity index (χ0n) is 8.16. The highest BCUT2D eigenvalue weighted by atomic mass is 35.5. The highest BCUT2D eigenvalue weighted by Crippen LogP contribution is 2.32. The Morgan fingerprint density at radius 1 is 1.53 bits per heavy atom. The van der Waals surface area contributed by atoms with Gasteiger partial charge in [-0.15, -0.1) is 11.6 Å². The molecule has 4 heteroatoms. The van der Waals surface area contributed by atoms with E-state index in [1.54, 1.807) is 18.3 Å². The lowest BCUT2D eigenvalue weighted by molar-refractivity contribution is 0.0601. The number of halogens is 1. The van der Waals surface area contributed by atoms with Crippen LogP contribution in [0.5, 0.6) is 0 Å². The van der Waals surface area contributed by atoms with Crippen molar-refractivity contribution in [3.05, 3.63) is 41.6 Å². The van der Waals surface area contributed by atoms with E-state index in [4.69, 9.17) is 11.6 Å². The van der Waals surface area contributed by atoms with Gasteiger partial charge in [-0.1, -0.05) is 6.07 Å². The largest absolute Gasteiger partial charge is 0.465 e. The van der Waals surface area contributed by atoms with Crippen LogP contribution in [0.25, 0.3) is 0 Å². The topological polar surface area (TPSA) is 38.3 Å². The zero-order valence-corrected chi connectivity index (χ0v) is 8.91. The summed E-state index contributed by atoms with van der Waals surface area (Å²) >= 11 is 6.07. The highest BCUT2D eigenvalue weighted by molar-refractivity contribution is 6.22. The minimum atomic E-state index is -0.347. The van der Waals surface area contributed by atoms with Gasteiger partial charge >= 0.3 is 5.97 Å². The maximum absolute atomic E-state index is 11.3. The number of anilines is 1. The van der Waals surface area contributed by atoms with Crippen LogP contribution in [0.15, 0.2) is 30.5 Å². The van der Waals surface area contributed by atoms with Crippen LogP contribution in [0.4, 0.5) is 5.69 Å². The number of hydrogen-bond donors (Lipinski definition) is 1. The summed E-state index contributed by atoms with van der Waals surface area (Å²) < 4.78 is 4.64. The van der Waals surface area contributed by atoms with E-state index in [0.29, 0.717) is 5.56 Å². The first-order valence-electron chi connectivity index (χ1n) is 4.52. The second kappa shape index (κ2) is 3.95. The zero-order chi connectivity index (χ0) is 10.8. The second-order valence-electron chi connectivity index (χ2n) is 3.20. The van der Waals surface area contributed by atoms with Gasteiger partial charge in [-0.3, -0.25) is 0 Å². The summed E-state index contributed by atoms with van der Waals surface area (Å²) in [5.41, 5.74) is 2.33. The summed E-state index contributed by atoms with van der Waals surface area (Å²) in [4.78, 5) is 11.3. The van der Waals surface area contributed by atoms with E-state index in [-0.39, 0.29) is 11.3 Å². The number of benzene rings is 1. The summed E-state index contributed by atoms with van der Waals surface area (Å²) in [6, 6.07) is 5.27. The van der Waals surface area contributed by atoms with Gasteiger partial charge in [0.2, 0.25) is 0 Å². The van der Waals surface area contributed by atoms with E-state index in [0.717, 1.165) is 11.3 Å². The van der Waals surface area contributed by atoms with Crippen molar-refractivity contribution >= 4 is 23.3 Å². The van der Waals surface area contributed by atoms with Gasteiger partial charge in [0.25, 0.3) is 0 Å². The van der Waals surface area contributed by atoms with Gasteiger partial charge in [0.05, 0.1) is 18.1 Å². The molecule has 0 spiro atoms. The first kappa shape index (κ1) is 10.1. The lowest BCUT2D eigenvalue weighted by Crippen LogP contribution is -2.06. The molecule has 0 amide bonds. The van der Waals surface area contributed by atoms with Crippen molar-refractivity contribution in [2.45, 2.75) is 5.38 Å². The van der Waals surface area contributed by atoms with Gasteiger partial charge in [0.15, 0.2) is 0 Å². The molecule has 0 fully saturated rings. The Kier molecular flexibility index (Phi) is 2.64. The number of fused-ring (bicyclic) bond motifs is 1. The van der Waals surface area contributed by atoms with Gasteiger partial charge in [0.1, 0.15) is 0 Å². The molecule has 3 nitrogen and oxygen atoms in total. The predicted molar refractivity (Wildman–Crippen MR) is 59.1 cm³/mol. The number of rotatable bonds is 1. The molecular formula is C11H10ClNO2. The summed E-state index contributed by atoms with van der Waals surface area (Å²) in [6.45, 7) is 0. The van der Waals surface area contributed by atoms with Crippen molar-refractivity contribution < 1.29 is 9.53 Å². The molecule has 1 aromatic rings. The Hall–Kier alpha value is -1.48. The third-order valence-electron chi connectivity index (χ3n) is 2.28. The van der Waals surface area contributed by atoms with E-state index in [2.05, 4.69) is 10.1 Å². The third-order valence-corrected chi connectivity index (χ3v) is 2.66. The van der Waals surface area contributed by atoms with Crippen molar-refractivity contribution in [3.8, 4) is 0 Å². The van der Waals surface area contributed by atoms with Gasteiger partial charge in [0, 0.05) is 5.69 Å². The summed E-state index contributed by atoms with van der Waals surface area (Å²) in [6.07, 6.45) is 3.61. The SMILES string of the molecule is COC(=O)c1ccc2c(c1)NC=CC2Cl. The number of methoxy groups -OCH3 is 1. The number of allylic oxidation sites excluding steroid dienone is 1. The van der Waals surface area contributed by atoms with Gasteiger partial charge in [-0.2, -0.15) is 0 Å². The molecule has 1 heterocycles. The van der Waals surface area contributed by atoms with Crippen LogP contribution >= 0.6 is 11.6 Å². The molecular weight excluding hydrogens is 214 g/mol. The first-order chi connectivity index (χ1) is 7.22. The van der Waals surface area contributed by atoms with E-state index >= 15 is 0 Å². The molecule has 1 aliphatic rings. The Labute approximate surface area is 92.7 Å². The maximum atomic E-state index is 11.3. The standard InChI is InChI=1S/C11H10ClNO2/c1-15-11(14)7-2-3-8-9(12)4-5-13-10(8)6-7/h2-6,9,13H,1H3. The molecule has 15 heavy (non-hydrogen) atoms. The smallest absolute Gasteiger partial charge is 0.337 e. The Morgan fingerprint density at radius 3 is 3.07 bits per heavy atom. The molecule has 0 saturated carbocycles. The quantitative estimate of drug-likeness (QED) is 0.588. The number of ether oxygens (including phenoxy) is 1. The highest BCUT2D eigenvalue weighted by Gasteiger charge is 2.15. The van der Waals surface area contributed by atoms with E-state index in [9.17, 15) is 4.79 Å². The number of alkyl halides is 1. The molecule has 1 aliphatic heterocycles. The monoisotopic (exact) mass is 223 g/mol. The first-order valence-corrected chi connectivity index (χ1v) is 4.95. The Bertz CT molecular complexity index is 429. The number of nitrogens with one attached hydrogen (secondary N) is 1. The molecule has 1 aromatic carbocycles. The molecule has 1 atom stereocenters. The van der Waals surface area contributed by atoms with Crippen LogP contribution in [-0.4, -0.2) is 13.1 Å². The van der Waals surface area contributed by atoms with Crippen molar-refractivity contribution in [3.63, 3.8) is 0 Å². The summed E-state index contributed by atoms with van der Waals surface area (Å²) in [5.74, 6) is -0.347. The van der Waals surface area contributed by atoms with Gasteiger partial charge in [-0.25, -0.2) is 4.79 Å². The van der Waals surface area contributed by atoms with Crippen molar-refractivity contribution in [1.82, 2.24) is 0 Å². The van der Waals surface area contributed by atoms with Crippen molar-refractivity contribution in [2.24, 2.45) is 0 Å². The second-order valence-corrected chi connectivity index (χ2v) is 3.67. The van der Waals surface area contributed by atoms with Crippen molar-refractivity contribution in [2.75, 3.05) is 12.4 Å². The number of hydrogen-bond acceptors (Lipinski definition) is 3. The van der Waals surface area contributed by atoms with Gasteiger partial charge < -0.3 is 10.1 Å². The lowest BCUT2D eigenvalue weighted by Gasteiger charge is -2.17. The maximum Gasteiger partial charge on any atom is 0.337 e. The van der Waals surface area contributed by atoms with E-state index in [1.165, 1.54) is 7.11 Å². The molecule has 0 saturated heterocycles. The lowest BCUT2D eigenvalue weighted by atomic mass is 10.0. The van der Waals surface area contributed by atoms with Crippen LogP contribution in [0.2, 0.25) is 0 Å². The fourth-order valence-electron chi connectivity index (χ4n) is 1.49. The predicted octanol–water partition coefficient (Wildman–Crippen LogP) is 2.69. The van der Waals surface area contributed by atoms with Crippen LogP contribution in [0.1, 0.15) is 21.3 Å². The van der Waals surface area contributed by atoms with Crippen LogP contribution in [0, 0.1) is 0 Å². The van der Waals surface area contributed by atoms with Crippen molar-refractivity contribution in [1.29, 1.82) is 0 Å². The average molecular weight is 224 g/mol. The number of carbonyl (C=O) groups excluding carboxylic acids is 1. The number of esters is 1. The van der Waals surface area contributed by atoms with Crippen LogP contribution < -0.4 is 5.32 Å². The van der Waals surface area contributed by atoms with Crippen LogP contribution in [0.3, 0.4) is 0 Å². The van der Waals surface area contributed by atoms with E-state index < -0.39 is 0 Å². The summed E-state index contributed by atoms with van der Waals surface area (Å²) in [7, 11) is 1.36. The van der Waals surface area contributed by atoms with Crippen LogP contribution in [-0.2, 0) is 4.74 Å². The van der Waals surface area contributed by atoms with E-state index in [1.807, 2.05) is 12.1 Å². The fourth-order valence-corrected chi connectivity index (χ4v) is 1.76. The molecule has 2 rings (SSSR count). The third kappa shape index (κ3) is 1.83. The number of carbonyl (C=O) groups is 1. The molecule has 1 N–H and O–H groups in total. The molecule has 78 valence electrons. The summed E-state index contributed by atoms with van der Waals surface area (Å²) in [5, 5.41) is 2.89. The average Bonchev–Trinajstić information content (AvgIpc) is 2.28. The molecule has 0 aromatic heterocycles. The normalized spacial score (nSPS) is 17.9. The molecule has 0 bridgehead atoms.